The van der Waals surface area contributed by atoms with Gasteiger partial charge in [0.25, 0.3) is 0 Å². The van der Waals surface area contributed by atoms with Crippen molar-refractivity contribution in [2.75, 3.05) is 6.54 Å². The second-order valence-electron chi connectivity index (χ2n) is 30.1. The topological polar surface area (TPSA) is 729 Å². The maximum atomic E-state index is 15.2. The fraction of sp³-hybridized carbons (Fsp3) is 0.393. The molecule has 0 saturated carbocycles. The van der Waals surface area contributed by atoms with Crippen molar-refractivity contribution in [1.82, 2.24) is 74.1 Å². The minimum atomic E-state index is -2.14. The van der Waals surface area contributed by atoms with Gasteiger partial charge < -0.3 is 128 Å². The Labute approximate surface area is 726 Å². The average Bonchev–Trinajstić information content (AvgIpc) is 1.69. The van der Waals surface area contributed by atoms with Gasteiger partial charge in [-0.25, -0.2) is 4.79 Å². The van der Waals surface area contributed by atoms with Gasteiger partial charge in [-0.2, -0.15) is 0 Å². The second kappa shape index (κ2) is 49.9. The molecule has 1 heterocycles. The molecule has 0 fully saturated rings. The molecule has 43 nitrogen and oxygen atoms in total. The Bertz CT molecular complexity index is 4910. The van der Waals surface area contributed by atoms with Crippen LogP contribution in [0.15, 0.2) is 140 Å². The quantitative estimate of drug-likeness (QED) is 0.0101. The van der Waals surface area contributed by atoms with E-state index in [2.05, 4.69) is 74.1 Å². The number of fused-ring (bicyclic) bond motifs is 1. The number of amides is 14. The molecule has 1 aromatic heterocycles. The van der Waals surface area contributed by atoms with Gasteiger partial charge in [0.2, 0.25) is 82.7 Å². The summed E-state index contributed by atoms with van der Waals surface area (Å²) in [7, 11) is 0. The molecule has 682 valence electrons. The van der Waals surface area contributed by atoms with Crippen molar-refractivity contribution in [1.29, 1.82) is 5.41 Å². The van der Waals surface area contributed by atoms with E-state index in [0.29, 0.717) is 38.7 Å². The van der Waals surface area contributed by atoms with Crippen LogP contribution in [0.1, 0.15) is 113 Å². The summed E-state index contributed by atoms with van der Waals surface area (Å²) in [6, 6.07) is 10.9. The predicted octanol–water partition coefficient (Wildman–Crippen LogP) is -3.39. The van der Waals surface area contributed by atoms with Gasteiger partial charge in [-0.1, -0.05) is 123 Å². The monoisotopic (exact) mass is 1770 g/mol. The van der Waals surface area contributed by atoms with E-state index in [1.807, 2.05) is 0 Å². The first-order chi connectivity index (χ1) is 60.2. The van der Waals surface area contributed by atoms with Crippen LogP contribution in [0.3, 0.4) is 0 Å². The molecule has 29 N–H and O–H groups in total. The molecule has 0 unspecified atom stereocenters. The van der Waals surface area contributed by atoms with Gasteiger partial charge in [-0.3, -0.25) is 86.9 Å². The van der Waals surface area contributed by atoms with Crippen LogP contribution in [-0.4, -0.2) is 233 Å². The number of nitrogens with one attached hydrogen (secondary N) is 15. The van der Waals surface area contributed by atoms with E-state index in [-0.39, 0.29) is 63.0 Å². The summed E-state index contributed by atoms with van der Waals surface area (Å²) in [5.74, 6) is -24.1. The zero-order chi connectivity index (χ0) is 93.7. The van der Waals surface area contributed by atoms with Crippen LogP contribution >= 0.6 is 0 Å². The number of benzene rings is 5. The lowest BCUT2D eigenvalue weighted by molar-refractivity contribution is -0.143. The molecule has 6 aromatic rings. The zero-order valence-electron chi connectivity index (χ0n) is 69.5. The third kappa shape index (κ3) is 34.3. The lowest BCUT2D eigenvalue weighted by Gasteiger charge is -2.29. The number of carbonyl (C=O) groups excluding carboxylic acids is 14. The van der Waals surface area contributed by atoms with Crippen LogP contribution in [0, 0.1) is 11.3 Å². The Morgan fingerprint density at radius 1 is 0.378 bits per heavy atom. The fourth-order valence-electron chi connectivity index (χ4n) is 13.0. The number of aromatic amines is 1. The number of nitrogens with two attached hydrogens (primary N) is 4. The van der Waals surface area contributed by atoms with Gasteiger partial charge in [-0.15, -0.1) is 0 Å². The van der Waals surface area contributed by atoms with Crippen LogP contribution in [0.5, 0.6) is 11.5 Å². The lowest BCUT2D eigenvalue weighted by Crippen LogP contribution is -2.62. The summed E-state index contributed by atoms with van der Waals surface area (Å²) in [5.41, 5.74) is 25.0. The summed E-state index contributed by atoms with van der Waals surface area (Å²) < 4.78 is 0. The van der Waals surface area contributed by atoms with Crippen molar-refractivity contribution in [2.24, 2.45) is 28.9 Å². The first kappa shape index (κ1) is 101. The molecule has 43 heteroatoms. The minimum Gasteiger partial charge on any atom is -0.508 e. The fourth-order valence-corrected chi connectivity index (χ4v) is 13.0. The number of hydrogen-bond donors (Lipinski definition) is 25. The Hall–Kier alpha value is -15.1. The van der Waals surface area contributed by atoms with E-state index >= 15 is 14.4 Å². The van der Waals surface area contributed by atoms with E-state index in [4.69, 9.17) is 28.3 Å². The third-order valence-electron chi connectivity index (χ3n) is 20.1. The maximum absolute atomic E-state index is 15.2. The number of rotatable bonds is 53. The van der Waals surface area contributed by atoms with E-state index in [1.54, 1.807) is 91.9 Å². The van der Waals surface area contributed by atoms with Crippen molar-refractivity contribution in [3.05, 3.63) is 167 Å². The molecule has 0 aliphatic rings. The zero-order valence-corrected chi connectivity index (χ0v) is 69.5. The number of guanidine groups is 1. The van der Waals surface area contributed by atoms with Gasteiger partial charge in [-0.05, 0) is 103 Å². The average molecular weight is 1770 g/mol. The molecule has 5 aromatic carbocycles. The highest BCUT2D eigenvalue weighted by Gasteiger charge is 2.40. The van der Waals surface area contributed by atoms with Crippen LogP contribution < -0.4 is 92.1 Å². The molecule has 127 heavy (non-hydrogen) atoms. The molecule has 14 atom stereocenters. The predicted molar refractivity (Wildman–Crippen MR) is 453 cm³/mol. The Balaban J connectivity index is 1.24. The van der Waals surface area contributed by atoms with Gasteiger partial charge in [0.15, 0.2) is 5.96 Å². The number of aliphatic carboxylic acids is 4. The molecule has 14 amide bonds. The number of para-hydroxylation sites is 1. The van der Waals surface area contributed by atoms with Gasteiger partial charge in [0.1, 0.15) is 84.0 Å². The highest BCUT2D eigenvalue weighted by Crippen LogP contribution is 2.22. The summed E-state index contributed by atoms with van der Waals surface area (Å²) in [4.78, 5) is 250. The van der Waals surface area contributed by atoms with Crippen LogP contribution in [0.25, 0.3) is 10.9 Å². The van der Waals surface area contributed by atoms with E-state index in [9.17, 15) is 103 Å². The first-order valence-corrected chi connectivity index (χ1v) is 40.3. The largest absolute Gasteiger partial charge is 0.508 e. The number of hydrogen-bond acceptors (Lipinski definition) is 22. The standard InChI is InChI=1S/C84H107N19O24/c1-4-43(2)70(82(125)102-60(37-48-23-27-51(105)28-24-48)76(119)95-57(83(126)127)20-13-33-90-84(88)89)103-81(124)64(41-69(112)113)101-80(123)62(39-66(87)107)96-71(114)44(3)92-75(118)63(40-68(110)111)100-79(122)61(38-49-42-91-54-19-12-11-18-52(49)54)99-78(121)59(36-46-16-9-6-10-17-46)98-77(120)58(35-45-14-7-5-8-15-45)97-74(117)56(30-32-67(108)109)94-73(116)55(29-31-65(86)106)93-72(115)53(85)34-47-21-25-50(104)26-22-47/h5-12,14-19,21-28,42-44,53,55-64,70,91,104-105H,4,13,20,29-41,85H2,1-3H3,(H2,86,106)(H2,87,107)(H,92,118)(H,93,115)(H,94,116)(H,95,119)(H,96,114)(H,97,117)(H,98,120)(H,99,121)(H,100,122)(H,101,123)(H,102,125)(H,103,124)(H,108,109)(H,110,111)(H,112,113)(H,126,127)(H4,88,89,90)/t43-,44-,53-,55-,56-,57-,58-,59-,60-,61-,62-,63-,64-,70-/m0/s1. The number of aromatic hydroxyl groups is 2. The summed E-state index contributed by atoms with van der Waals surface area (Å²) in [5, 5.41) is 98.9. The Morgan fingerprint density at radius 3 is 1.21 bits per heavy atom. The SMILES string of the molecule is CC[C@H](C)[C@H](NC(=O)[C@H](CC(=O)O)NC(=O)[C@H](CC(N)=O)NC(=O)[C@H](C)NC(=O)[C@H](CC(=O)O)NC(=O)[C@H](Cc1c[nH]c2ccccc12)NC(=O)[C@H](Cc1ccccc1)NC(=O)[C@H](Cc1ccccc1)NC(=O)[C@H](CCC(=O)O)NC(=O)[C@H](CCC(N)=O)NC(=O)[C@@H](N)Cc1ccc(O)cc1)C(=O)N[C@@H](Cc1ccc(O)cc1)C(=O)N[C@@H](CCCNC(=N)N)C(=O)O. The summed E-state index contributed by atoms with van der Waals surface area (Å²) in [6.07, 6.45) is -5.84. The van der Waals surface area contributed by atoms with Crippen LogP contribution in [0.2, 0.25) is 0 Å². The number of carbonyl (C=O) groups is 18. The molecule has 0 radical (unpaired) electrons. The number of aromatic nitrogens is 1. The van der Waals surface area contributed by atoms with E-state index < -0.39 is 248 Å². The first-order valence-electron chi connectivity index (χ1n) is 40.3. The van der Waals surface area contributed by atoms with Gasteiger partial charge in [0.05, 0.1) is 25.3 Å². The summed E-state index contributed by atoms with van der Waals surface area (Å²) >= 11 is 0. The maximum Gasteiger partial charge on any atom is 0.326 e. The highest BCUT2D eigenvalue weighted by atomic mass is 16.4. The Kier molecular flexibility index (Phi) is 39.6. The minimum absolute atomic E-state index is 0.0573. The molecule has 6 rings (SSSR count). The second-order valence-corrected chi connectivity index (χ2v) is 30.1. The molecular formula is C84H107N19O24. The molecular weight excluding hydrogens is 1660 g/mol. The highest BCUT2D eigenvalue weighted by molar-refractivity contribution is 6.02. The number of carboxylic acids is 4. The summed E-state index contributed by atoms with van der Waals surface area (Å²) in [6.45, 7) is 4.15. The van der Waals surface area contributed by atoms with E-state index in [1.165, 1.54) is 61.7 Å². The van der Waals surface area contributed by atoms with Crippen molar-refractivity contribution in [2.45, 2.75) is 196 Å². The molecule has 0 spiro atoms. The number of H-pyrrole nitrogens is 1. The van der Waals surface area contributed by atoms with Crippen molar-refractivity contribution in [3.63, 3.8) is 0 Å². The lowest BCUT2D eigenvalue weighted by atomic mass is 9.96. The number of primary amides is 2. The van der Waals surface area contributed by atoms with Crippen molar-refractivity contribution in [3.8, 4) is 11.5 Å². The number of phenolic OH excluding ortho intramolecular Hbond substituents is 2. The number of phenols is 2. The normalized spacial score (nSPS) is 14.3. The Morgan fingerprint density at radius 2 is 0.756 bits per heavy atom. The van der Waals surface area contributed by atoms with Gasteiger partial charge in [0, 0.05) is 62.2 Å². The molecule has 0 bridgehead atoms. The third-order valence-corrected chi connectivity index (χ3v) is 20.1. The molecule has 0 aliphatic heterocycles. The smallest absolute Gasteiger partial charge is 0.326 e. The van der Waals surface area contributed by atoms with Gasteiger partial charge >= 0.3 is 23.9 Å². The van der Waals surface area contributed by atoms with Crippen LogP contribution in [0.4, 0.5) is 0 Å². The van der Waals surface area contributed by atoms with E-state index in [0.717, 1.165) is 6.92 Å². The van der Waals surface area contributed by atoms with Crippen molar-refractivity contribution >= 4 is 123 Å². The molecule has 0 saturated heterocycles. The van der Waals surface area contributed by atoms with Crippen molar-refractivity contribution < 1.29 is 117 Å². The molecule has 0 aliphatic carbocycles. The number of carboxylic acid groups (broad SMARTS) is 4. The van der Waals surface area contributed by atoms with Crippen LogP contribution in [-0.2, 0) is 118 Å².